The molecule has 0 aliphatic rings. The van der Waals surface area contributed by atoms with Crippen LogP contribution in [0.1, 0.15) is 39.7 Å². The Bertz CT molecular complexity index is 462. The van der Waals surface area contributed by atoms with Gasteiger partial charge in [0, 0.05) is 30.5 Å². The average molecular weight is 294 g/mol. The zero-order valence-corrected chi connectivity index (χ0v) is 13.3. The first-order valence-corrected chi connectivity index (χ1v) is 7.16. The van der Waals surface area contributed by atoms with Gasteiger partial charge in [0.15, 0.2) is 0 Å². The lowest BCUT2D eigenvalue weighted by molar-refractivity contribution is 0.0506. The Morgan fingerprint density at radius 2 is 2.29 bits per heavy atom. The normalized spacial score (nSPS) is 12.8. The Kier molecular flexibility index (Phi) is 6.42. The summed E-state index contributed by atoms with van der Waals surface area (Å²) in [7, 11) is 0. The number of nitrogens with zero attached hydrogens (tertiary/aromatic N) is 2. The van der Waals surface area contributed by atoms with Crippen molar-refractivity contribution in [3.63, 3.8) is 0 Å². The molecule has 0 aliphatic carbocycles. The number of ether oxygens (including phenoxy) is 1. The Balaban J connectivity index is 2.17. The lowest BCUT2D eigenvalue weighted by Gasteiger charge is -2.22. The molecule has 2 N–H and O–H groups in total. The molecule has 6 heteroatoms. The standard InChI is InChI=1S/C15H26N4O2/c1-6-19-11-13(10-17-19)9-16-8-7-12(2)18-14(20)21-15(3,4)5/h6,10-12,16H,1,7-9H2,2-5H3,(H,18,20). The monoisotopic (exact) mass is 294 g/mol. The van der Waals surface area contributed by atoms with Gasteiger partial charge in [0.2, 0.25) is 0 Å². The molecule has 0 bridgehead atoms. The number of amides is 1. The van der Waals surface area contributed by atoms with Crippen molar-refractivity contribution in [3.05, 3.63) is 24.5 Å². The molecule has 6 nitrogen and oxygen atoms in total. The molecule has 21 heavy (non-hydrogen) atoms. The fourth-order valence-corrected chi connectivity index (χ4v) is 1.70. The van der Waals surface area contributed by atoms with Crippen LogP contribution in [0.25, 0.3) is 6.20 Å². The van der Waals surface area contributed by atoms with Gasteiger partial charge in [-0.15, -0.1) is 0 Å². The molecular formula is C15H26N4O2. The predicted octanol–water partition coefficient (Wildman–Crippen LogP) is 2.38. The third-order valence-corrected chi connectivity index (χ3v) is 2.69. The van der Waals surface area contributed by atoms with Gasteiger partial charge in [0.1, 0.15) is 5.60 Å². The molecule has 0 fully saturated rings. The van der Waals surface area contributed by atoms with Crippen molar-refractivity contribution in [1.82, 2.24) is 20.4 Å². The Labute approximate surface area is 126 Å². The maximum Gasteiger partial charge on any atom is 0.407 e. The second-order valence-electron chi connectivity index (χ2n) is 6.02. The van der Waals surface area contributed by atoms with Gasteiger partial charge in [-0.3, -0.25) is 0 Å². The Morgan fingerprint density at radius 1 is 1.57 bits per heavy atom. The topological polar surface area (TPSA) is 68.2 Å². The van der Waals surface area contributed by atoms with Crippen LogP contribution in [0, 0.1) is 0 Å². The van der Waals surface area contributed by atoms with E-state index >= 15 is 0 Å². The van der Waals surface area contributed by atoms with E-state index < -0.39 is 5.60 Å². The van der Waals surface area contributed by atoms with Crippen LogP contribution in [0.15, 0.2) is 19.0 Å². The van der Waals surface area contributed by atoms with E-state index in [4.69, 9.17) is 4.74 Å². The number of carbonyl (C=O) groups is 1. The van der Waals surface area contributed by atoms with Gasteiger partial charge < -0.3 is 15.4 Å². The number of alkyl carbamates (subject to hydrolysis) is 1. The SMILES string of the molecule is C=Cn1cc(CNCCC(C)NC(=O)OC(C)(C)C)cn1. The van der Waals surface area contributed by atoms with Crippen molar-refractivity contribution in [1.29, 1.82) is 0 Å². The van der Waals surface area contributed by atoms with Crippen LogP contribution in [0.4, 0.5) is 4.79 Å². The second-order valence-corrected chi connectivity index (χ2v) is 6.02. The molecule has 1 aromatic rings. The highest BCUT2D eigenvalue weighted by atomic mass is 16.6. The fourth-order valence-electron chi connectivity index (χ4n) is 1.70. The first-order chi connectivity index (χ1) is 9.80. The number of hydrogen-bond acceptors (Lipinski definition) is 4. The summed E-state index contributed by atoms with van der Waals surface area (Å²) in [6.45, 7) is 12.7. The van der Waals surface area contributed by atoms with Crippen LogP contribution >= 0.6 is 0 Å². The summed E-state index contributed by atoms with van der Waals surface area (Å²) >= 11 is 0. The first kappa shape index (κ1) is 17.2. The van der Waals surface area contributed by atoms with E-state index in [9.17, 15) is 4.79 Å². The van der Waals surface area contributed by atoms with Gasteiger partial charge >= 0.3 is 6.09 Å². The summed E-state index contributed by atoms with van der Waals surface area (Å²) in [5, 5.41) is 10.2. The Hall–Kier alpha value is -1.82. The lowest BCUT2D eigenvalue weighted by Crippen LogP contribution is -2.38. The smallest absolute Gasteiger partial charge is 0.407 e. The van der Waals surface area contributed by atoms with Crippen molar-refractivity contribution in [3.8, 4) is 0 Å². The Morgan fingerprint density at radius 3 is 2.86 bits per heavy atom. The van der Waals surface area contributed by atoms with Crippen LogP contribution in [0.5, 0.6) is 0 Å². The number of nitrogens with one attached hydrogen (secondary N) is 2. The highest BCUT2D eigenvalue weighted by molar-refractivity contribution is 5.67. The summed E-state index contributed by atoms with van der Waals surface area (Å²) in [5.74, 6) is 0. The zero-order valence-electron chi connectivity index (χ0n) is 13.3. The number of rotatable bonds is 7. The van der Waals surface area contributed by atoms with Crippen molar-refractivity contribution in [2.75, 3.05) is 6.54 Å². The molecule has 0 radical (unpaired) electrons. The molecule has 0 spiro atoms. The molecule has 0 saturated carbocycles. The highest BCUT2D eigenvalue weighted by Gasteiger charge is 2.17. The van der Waals surface area contributed by atoms with E-state index in [1.54, 1.807) is 17.1 Å². The van der Waals surface area contributed by atoms with E-state index in [2.05, 4.69) is 22.3 Å². The maximum atomic E-state index is 11.6. The van der Waals surface area contributed by atoms with E-state index in [-0.39, 0.29) is 12.1 Å². The number of aromatic nitrogens is 2. The minimum absolute atomic E-state index is 0.0586. The van der Waals surface area contributed by atoms with Gasteiger partial charge in [-0.05, 0) is 40.7 Å². The van der Waals surface area contributed by atoms with Gasteiger partial charge in [0.05, 0.1) is 6.20 Å². The van der Waals surface area contributed by atoms with Gasteiger partial charge in [-0.25, -0.2) is 9.48 Å². The van der Waals surface area contributed by atoms with Crippen LogP contribution in [0.2, 0.25) is 0 Å². The molecule has 1 atom stereocenters. The maximum absolute atomic E-state index is 11.6. The van der Waals surface area contributed by atoms with Crippen molar-refractivity contribution < 1.29 is 9.53 Å². The molecule has 1 heterocycles. The number of carbonyl (C=O) groups excluding carboxylic acids is 1. The lowest BCUT2D eigenvalue weighted by atomic mass is 10.2. The van der Waals surface area contributed by atoms with Gasteiger partial charge in [-0.1, -0.05) is 6.58 Å². The van der Waals surface area contributed by atoms with E-state index in [1.807, 2.05) is 33.9 Å². The summed E-state index contributed by atoms with van der Waals surface area (Å²) in [5.41, 5.74) is 0.635. The minimum Gasteiger partial charge on any atom is -0.444 e. The molecule has 1 aromatic heterocycles. The molecule has 1 unspecified atom stereocenters. The van der Waals surface area contributed by atoms with E-state index in [0.29, 0.717) is 0 Å². The van der Waals surface area contributed by atoms with Crippen molar-refractivity contribution in [2.45, 2.75) is 52.3 Å². The molecular weight excluding hydrogens is 268 g/mol. The molecule has 0 aromatic carbocycles. The quantitative estimate of drug-likeness (QED) is 0.758. The third-order valence-electron chi connectivity index (χ3n) is 2.69. The van der Waals surface area contributed by atoms with E-state index in [1.165, 1.54) is 0 Å². The van der Waals surface area contributed by atoms with Crippen molar-refractivity contribution >= 4 is 12.3 Å². The van der Waals surface area contributed by atoms with Gasteiger partial charge in [-0.2, -0.15) is 5.10 Å². The number of hydrogen-bond donors (Lipinski definition) is 2. The average Bonchev–Trinajstić information content (AvgIpc) is 2.80. The first-order valence-electron chi connectivity index (χ1n) is 7.16. The van der Waals surface area contributed by atoms with Crippen molar-refractivity contribution in [2.24, 2.45) is 0 Å². The zero-order chi connectivity index (χ0) is 15.9. The van der Waals surface area contributed by atoms with Crippen LogP contribution < -0.4 is 10.6 Å². The molecule has 0 saturated heterocycles. The summed E-state index contributed by atoms with van der Waals surface area (Å²) in [6.07, 6.45) is 5.83. The second kappa shape index (κ2) is 7.83. The molecule has 1 amide bonds. The fraction of sp³-hybridized carbons (Fsp3) is 0.600. The van der Waals surface area contributed by atoms with Crippen LogP contribution in [-0.4, -0.2) is 34.1 Å². The third kappa shape index (κ3) is 7.51. The predicted molar refractivity (Wildman–Crippen MR) is 83.8 cm³/mol. The summed E-state index contributed by atoms with van der Waals surface area (Å²) in [4.78, 5) is 11.6. The van der Waals surface area contributed by atoms with E-state index in [0.717, 1.165) is 25.1 Å². The minimum atomic E-state index is -0.465. The summed E-state index contributed by atoms with van der Waals surface area (Å²) < 4.78 is 6.88. The van der Waals surface area contributed by atoms with Crippen LogP contribution in [-0.2, 0) is 11.3 Å². The molecule has 1 rings (SSSR count). The summed E-state index contributed by atoms with van der Waals surface area (Å²) in [6, 6.07) is 0.0586. The largest absolute Gasteiger partial charge is 0.444 e. The van der Waals surface area contributed by atoms with Crippen LogP contribution in [0.3, 0.4) is 0 Å². The molecule has 0 aliphatic heterocycles. The van der Waals surface area contributed by atoms with Gasteiger partial charge in [0.25, 0.3) is 0 Å². The molecule has 118 valence electrons. The highest BCUT2D eigenvalue weighted by Crippen LogP contribution is 2.07.